The molecule has 17 heavy (non-hydrogen) atoms. The van der Waals surface area contributed by atoms with Crippen molar-refractivity contribution in [3.8, 4) is 5.75 Å². The Bertz CT molecular complexity index is 434. The number of hydrogen-bond acceptors (Lipinski definition) is 2. The van der Waals surface area contributed by atoms with Gasteiger partial charge in [-0.1, -0.05) is 15.9 Å². The highest BCUT2D eigenvalue weighted by Crippen LogP contribution is 2.29. The Balaban J connectivity index is 3.04. The van der Waals surface area contributed by atoms with Crippen LogP contribution in [0.15, 0.2) is 22.7 Å². The van der Waals surface area contributed by atoms with Crippen LogP contribution in [0.2, 0.25) is 0 Å². The smallest absolute Gasteiger partial charge is 0.425 e. The van der Waals surface area contributed by atoms with Crippen molar-refractivity contribution in [1.29, 1.82) is 5.41 Å². The van der Waals surface area contributed by atoms with Crippen molar-refractivity contribution in [2.24, 2.45) is 5.73 Å². The van der Waals surface area contributed by atoms with Crippen LogP contribution in [0, 0.1) is 5.41 Å². The van der Waals surface area contributed by atoms with Crippen molar-refractivity contribution in [2.75, 3.05) is 0 Å². The van der Waals surface area contributed by atoms with Gasteiger partial charge in [0, 0.05) is 4.47 Å². The Kier molecular flexibility index (Phi) is 4.03. The molecule has 0 aliphatic rings. The van der Waals surface area contributed by atoms with Gasteiger partial charge in [0.1, 0.15) is 11.6 Å². The molecule has 0 saturated heterocycles. The number of alkyl halides is 3. The van der Waals surface area contributed by atoms with E-state index >= 15 is 0 Å². The van der Waals surface area contributed by atoms with E-state index in [0.29, 0.717) is 4.47 Å². The summed E-state index contributed by atoms with van der Waals surface area (Å²) in [4.78, 5) is 0. The lowest BCUT2D eigenvalue weighted by molar-refractivity contribution is -0.189. The summed E-state index contributed by atoms with van der Waals surface area (Å²) in [6, 6.07) is 4.34. The second-order valence-corrected chi connectivity index (χ2v) is 4.27. The van der Waals surface area contributed by atoms with Crippen molar-refractivity contribution < 1.29 is 17.9 Å². The van der Waals surface area contributed by atoms with Crippen LogP contribution in [0.3, 0.4) is 0 Å². The van der Waals surface area contributed by atoms with E-state index in [1.165, 1.54) is 12.1 Å². The number of rotatable bonds is 3. The van der Waals surface area contributed by atoms with E-state index in [1.807, 2.05) is 0 Å². The first kappa shape index (κ1) is 13.8. The monoisotopic (exact) mass is 310 g/mol. The third-order valence-electron chi connectivity index (χ3n) is 2.00. The molecule has 3 N–H and O–H groups in total. The minimum atomic E-state index is -4.46. The summed E-state index contributed by atoms with van der Waals surface area (Å²) < 4.78 is 42.4. The average molecular weight is 311 g/mol. The Morgan fingerprint density at radius 3 is 2.53 bits per heavy atom. The zero-order chi connectivity index (χ0) is 13.2. The molecule has 3 nitrogen and oxygen atoms in total. The maximum Gasteiger partial charge on any atom is 0.425 e. The van der Waals surface area contributed by atoms with Gasteiger partial charge in [0.15, 0.2) is 6.10 Å². The van der Waals surface area contributed by atoms with E-state index in [9.17, 15) is 13.2 Å². The maximum atomic E-state index is 12.3. The summed E-state index contributed by atoms with van der Waals surface area (Å²) in [7, 11) is 0. The Hall–Kier alpha value is -1.24. The third kappa shape index (κ3) is 3.62. The van der Waals surface area contributed by atoms with E-state index in [0.717, 1.165) is 6.92 Å². The van der Waals surface area contributed by atoms with Gasteiger partial charge < -0.3 is 10.5 Å². The molecule has 1 aromatic carbocycles. The first-order chi connectivity index (χ1) is 7.71. The third-order valence-corrected chi connectivity index (χ3v) is 2.49. The van der Waals surface area contributed by atoms with Crippen LogP contribution < -0.4 is 10.5 Å². The Morgan fingerprint density at radius 2 is 2.06 bits per heavy atom. The van der Waals surface area contributed by atoms with Gasteiger partial charge in [-0.2, -0.15) is 13.2 Å². The highest BCUT2D eigenvalue weighted by atomic mass is 79.9. The Labute approximate surface area is 104 Å². The van der Waals surface area contributed by atoms with Gasteiger partial charge in [-0.3, -0.25) is 5.41 Å². The summed E-state index contributed by atoms with van der Waals surface area (Å²) in [6.45, 7) is 0.894. The van der Waals surface area contributed by atoms with Gasteiger partial charge in [0.05, 0.1) is 5.56 Å². The molecule has 1 unspecified atom stereocenters. The molecule has 0 aromatic heterocycles. The number of nitrogens with two attached hydrogens (primary N) is 1. The highest BCUT2D eigenvalue weighted by Gasteiger charge is 2.38. The van der Waals surface area contributed by atoms with Gasteiger partial charge >= 0.3 is 6.18 Å². The predicted molar refractivity (Wildman–Crippen MR) is 61.3 cm³/mol. The van der Waals surface area contributed by atoms with Crippen LogP contribution in [0.5, 0.6) is 5.75 Å². The molecule has 0 fully saturated rings. The van der Waals surface area contributed by atoms with Gasteiger partial charge in [0.25, 0.3) is 0 Å². The van der Waals surface area contributed by atoms with Crippen molar-refractivity contribution in [3.05, 3.63) is 28.2 Å². The lowest BCUT2D eigenvalue weighted by atomic mass is 10.2. The van der Waals surface area contributed by atoms with Crippen molar-refractivity contribution >= 4 is 21.8 Å². The molecular weight excluding hydrogens is 301 g/mol. The number of nitrogen functional groups attached to an aromatic ring is 1. The van der Waals surface area contributed by atoms with E-state index in [4.69, 9.17) is 15.9 Å². The van der Waals surface area contributed by atoms with E-state index in [2.05, 4.69) is 15.9 Å². The molecular formula is C10H10BrF3N2O. The predicted octanol–water partition coefficient (Wildman–Crippen LogP) is 3.06. The lowest BCUT2D eigenvalue weighted by Crippen LogP contribution is -2.32. The van der Waals surface area contributed by atoms with Crippen LogP contribution in [0.4, 0.5) is 13.2 Å². The van der Waals surface area contributed by atoms with E-state index in [-0.39, 0.29) is 17.1 Å². The quantitative estimate of drug-likeness (QED) is 0.666. The van der Waals surface area contributed by atoms with Crippen molar-refractivity contribution in [3.63, 3.8) is 0 Å². The largest absolute Gasteiger partial charge is 0.480 e. The standard InChI is InChI=1S/C10H10BrF3N2O/c1-5(10(12,13)14)17-8-4-6(11)2-3-7(8)9(15)16/h2-5H,1H3,(H3,15,16). The number of amidine groups is 1. The van der Waals surface area contributed by atoms with Gasteiger partial charge in [-0.15, -0.1) is 0 Å². The number of ether oxygens (including phenoxy) is 1. The van der Waals surface area contributed by atoms with Crippen LogP contribution in [0.25, 0.3) is 0 Å². The molecule has 0 amide bonds. The summed E-state index contributed by atoms with van der Waals surface area (Å²) >= 11 is 3.11. The summed E-state index contributed by atoms with van der Waals surface area (Å²) in [5, 5.41) is 7.25. The zero-order valence-electron chi connectivity index (χ0n) is 8.81. The second kappa shape index (κ2) is 4.95. The van der Waals surface area contributed by atoms with Crippen molar-refractivity contribution in [1.82, 2.24) is 0 Å². The van der Waals surface area contributed by atoms with Crippen LogP contribution in [-0.4, -0.2) is 18.1 Å². The number of hydrogen-bond donors (Lipinski definition) is 2. The van der Waals surface area contributed by atoms with Gasteiger partial charge in [-0.05, 0) is 25.1 Å². The van der Waals surface area contributed by atoms with Gasteiger partial charge in [-0.25, -0.2) is 0 Å². The minimum absolute atomic E-state index is 0.0725. The SMILES string of the molecule is CC(Oc1cc(Br)ccc1C(=N)N)C(F)(F)F. The first-order valence-corrected chi connectivity index (χ1v) is 5.38. The molecule has 0 radical (unpaired) electrons. The number of benzene rings is 1. The van der Waals surface area contributed by atoms with Crippen LogP contribution in [-0.2, 0) is 0 Å². The fourth-order valence-electron chi connectivity index (χ4n) is 1.07. The fraction of sp³-hybridized carbons (Fsp3) is 0.300. The van der Waals surface area contributed by atoms with E-state index < -0.39 is 12.3 Å². The second-order valence-electron chi connectivity index (χ2n) is 3.36. The lowest BCUT2D eigenvalue weighted by Gasteiger charge is -2.19. The topological polar surface area (TPSA) is 59.1 Å². The molecule has 7 heteroatoms. The molecule has 1 aromatic rings. The molecule has 0 saturated carbocycles. The Morgan fingerprint density at radius 1 is 1.47 bits per heavy atom. The highest BCUT2D eigenvalue weighted by molar-refractivity contribution is 9.10. The number of halogens is 4. The van der Waals surface area contributed by atoms with Crippen molar-refractivity contribution in [2.45, 2.75) is 19.2 Å². The van der Waals surface area contributed by atoms with E-state index in [1.54, 1.807) is 6.07 Å². The average Bonchev–Trinajstić information content (AvgIpc) is 2.15. The molecule has 94 valence electrons. The minimum Gasteiger partial charge on any atom is -0.480 e. The zero-order valence-corrected chi connectivity index (χ0v) is 10.4. The number of nitrogens with one attached hydrogen (secondary N) is 1. The molecule has 1 rings (SSSR count). The first-order valence-electron chi connectivity index (χ1n) is 4.59. The van der Waals surface area contributed by atoms with Crippen LogP contribution in [0.1, 0.15) is 12.5 Å². The van der Waals surface area contributed by atoms with Gasteiger partial charge in [0.2, 0.25) is 0 Å². The molecule has 0 heterocycles. The summed E-state index contributed by atoms with van der Waals surface area (Å²) in [6.07, 6.45) is -6.42. The summed E-state index contributed by atoms with van der Waals surface area (Å²) in [5.41, 5.74) is 5.39. The molecule has 0 aliphatic heterocycles. The normalized spacial score (nSPS) is 13.2. The van der Waals surface area contributed by atoms with Crippen LogP contribution >= 0.6 is 15.9 Å². The molecule has 1 atom stereocenters. The maximum absolute atomic E-state index is 12.3. The molecule has 0 aliphatic carbocycles. The molecule has 0 spiro atoms. The fourth-order valence-corrected chi connectivity index (χ4v) is 1.41. The summed E-state index contributed by atoms with van der Waals surface area (Å²) in [5.74, 6) is -0.418. The molecule has 0 bridgehead atoms.